The summed E-state index contributed by atoms with van der Waals surface area (Å²) in [5, 5.41) is 0.730. The second kappa shape index (κ2) is 6.09. The van der Waals surface area contributed by atoms with Crippen molar-refractivity contribution in [2.75, 3.05) is 18.6 Å². The Hall–Kier alpha value is -3.08. The molecule has 1 aliphatic heterocycles. The number of nitrogens with zero attached hydrogens (tertiary/aromatic N) is 1. The third-order valence-electron chi connectivity index (χ3n) is 4.53. The molecule has 1 aromatic heterocycles. The first kappa shape index (κ1) is 15.4. The Bertz CT molecular complexity index is 1020. The van der Waals surface area contributed by atoms with Crippen molar-refractivity contribution in [3.63, 3.8) is 0 Å². The van der Waals surface area contributed by atoms with Gasteiger partial charge in [-0.25, -0.2) is 4.79 Å². The standard InChI is InChI=1S/C20H17NO4/c1-24-15-9-8-13-6-4-10-21(17(13)12-15)19(22)16-11-14-5-2-3-7-18(14)25-20(16)23/h2-3,5,7-9,11-12H,4,6,10H2,1H3. The molecule has 4 rings (SSSR count). The molecule has 2 heterocycles. The molecule has 2 aromatic carbocycles. The molecule has 0 saturated carbocycles. The number of fused-ring (bicyclic) bond motifs is 2. The third kappa shape index (κ3) is 2.67. The maximum Gasteiger partial charge on any atom is 0.349 e. The molecule has 0 spiro atoms. The Labute approximate surface area is 144 Å². The van der Waals surface area contributed by atoms with E-state index in [1.807, 2.05) is 30.3 Å². The number of amides is 1. The summed E-state index contributed by atoms with van der Waals surface area (Å²) >= 11 is 0. The number of anilines is 1. The largest absolute Gasteiger partial charge is 0.497 e. The highest BCUT2D eigenvalue weighted by Gasteiger charge is 2.26. The Morgan fingerprint density at radius 2 is 2.00 bits per heavy atom. The number of carbonyl (C=O) groups excluding carboxylic acids is 1. The number of hydrogen-bond donors (Lipinski definition) is 0. The summed E-state index contributed by atoms with van der Waals surface area (Å²) in [5.74, 6) is 0.345. The van der Waals surface area contributed by atoms with Crippen molar-refractivity contribution in [1.29, 1.82) is 0 Å². The van der Waals surface area contributed by atoms with E-state index in [4.69, 9.17) is 9.15 Å². The first-order valence-electron chi connectivity index (χ1n) is 8.19. The molecule has 0 radical (unpaired) electrons. The molecule has 0 atom stereocenters. The van der Waals surface area contributed by atoms with Crippen LogP contribution in [0.25, 0.3) is 11.0 Å². The van der Waals surface area contributed by atoms with Crippen LogP contribution in [0.3, 0.4) is 0 Å². The van der Waals surface area contributed by atoms with E-state index < -0.39 is 5.63 Å². The van der Waals surface area contributed by atoms with E-state index in [1.54, 1.807) is 30.2 Å². The predicted molar refractivity (Wildman–Crippen MR) is 95.5 cm³/mol. The van der Waals surface area contributed by atoms with Crippen molar-refractivity contribution in [3.05, 3.63) is 70.1 Å². The van der Waals surface area contributed by atoms with Crippen LogP contribution in [0.2, 0.25) is 0 Å². The number of hydrogen-bond acceptors (Lipinski definition) is 4. The van der Waals surface area contributed by atoms with Gasteiger partial charge in [-0.3, -0.25) is 4.79 Å². The van der Waals surface area contributed by atoms with Crippen LogP contribution < -0.4 is 15.3 Å². The zero-order valence-electron chi connectivity index (χ0n) is 13.8. The van der Waals surface area contributed by atoms with Gasteiger partial charge in [0.25, 0.3) is 5.91 Å². The fourth-order valence-electron chi connectivity index (χ4n) is 3.25. The highest BCUT2D eigenvalue weighted by Crippen LogP contribution is 2.32. The van der Waals surface area contributed by atoms with Crippen LogP contribution in [-0.2, 0) is 6.42 Å². The Balaban J connectivity index is 1.80. The SMILES string of the molecule is COc1ccc2c(c1)N(C(=O)c1cc3ccccc3oc1=O)CCC2. The van der Waals surface area contributed by atoms with E-state index in [2.05, 4.69) is 0 Å². The third-order valence-corrected chi connectivity index (χ3v) is 4.53. The zero-order chi connectivity index (χ0) is 17.4. The number of benzene rings is 2. The number of carbonyl (C=O) groups is 1. The zero-order valence-corrected chi connectivity index (χ0v) is 13.8. The van der Waals surface area contributed by atoms with E-state index in [1.165, 1.54) is 0 Å². The summed E-state index contributed by atoms with van der Waals surface area (Å²) in [4.78, 5) is 27.0. The van der Waals surface area contributed by atoms with Gasteiger partial charge in [-0.15, -0.1) is 0 Å². The van der Waals surface area contributed by atoms with Gasteiger partial charge in [-0.1, -0.05) is 24.3 Å². The summed E-state index contributed by atoms with van der Waals surface area (Å²) in [6.07, 6.45) is 1.75. The molecule has 5 nitrogen and oxygen atoms in total. The molecule has 1 aliphatic rings. The highest BCUT2D eigenvalue weighted by molar-refractivity contribution is 6.07. The van der Waals surface area contributed by atoms with Crippen LogP contribution in [0.15, 0.2) is 57.7 Å². The van der Waals surface area contributed by atoms with E-state index in [0.717, 1.165) is 29.5 Å². The Morgan fingerprint density at radius 3 is 2.84 bits per heavy atom. The van der Waals surface area contributed by atoms with Crippen molar-refractivity contribution in [2.45, 2.75) is 12.8 Å². The summed E-state index contributed by atoms with van der Waals surface area (Å²) in [6.45, 7) is 0.561. The van der Waals surface area contributed by atoms with Crippen LogP contribution in [0.5, 0.6) is 5.75 Å². The molecular formula is C20H17NO4. The maximum absolute atomic E-state index is 13.1. The van der Waals surface area contributed by atoms with Crippen LogP contribution in [0.4, 0.5) is 5.69 Å². The summed E-state index contributed by atoms with van der Waals surface area (Å²) in [5.41, 5.74) is 1.78. The Morgan fingerprint density at radius 1 is 1.16 bits per heavy atom. The molecule has 5 heteroatoms. The highest BCUT2D eigenvalue weighted by atomic mass is 16.5. The van der Waals surface area contributed by atoms with Crippen LogP contribution in [0.1, 0.15) is 22.3 Å². The van der Waals surface area contributed by atoms with Gasteiger partial charge in [0.15, 0.2) is 0 Å². The Kier molecular flexibility index (Phi) is 3.76. The van der Waals surface area contributed by atoms with Gasteiger partial charge in [0.2, 0.25) is 0 Å². The number of methoxy groups -OCH3 is 1. The molecule has 126 valence electrons. The number of ether oxygens (including phenoxy) is 1. The van der Waals surface area contributed by atoms with Crippen molar-refractivity contribution in [3.8, 4) is 5.75 Å². The van der Waals surface area contributed by atoms with Gasteiger partial charge in [-0.2, -0.15) is 0 Å². The lowest BCUT2D eigenvalue weighted by Gasteiger charge is -2.29. The molecule has 0 fully saturated rings. The van der Waals surface area contributed by atoms with Crippen LogP contribution in [0, 0.1) is 0 Å². The lowest BCUT2D eigenvalue weighted by molar-refractivity contribution is 0.0981. The van der Waals surface area contributed by atoms with E-state index in [-0.39, 0.29) is 11.5 Å². The van der Waals surface area contributed by atoms with Gasteiger partial charge in [0, 0.05) is 18.0 Å². The van der Waals surface area contributed by atoms with Gasteiger partial charge in [0.05, 0.1) is 12.8 Å². The van der Waals surface area contributed by atoms with E-state index in [0.29, 0.717) is 17.9 Å². The van der Waals surface area contributed by atoms with E-state index >= 15 is 0 Å². The van der Waals surface area contributed by atoms with Crippen molar-refractivity contribution < 1.29 is 13.9 Å². The molecule has 0 bridgehead atoms. The monoisotopic (exact) mass is 335 g/mol. The molecule has 25 heavy (non-hydrogen) atoms. The fourth-order valence-corrected chi connectivity index (χ4v) is 3.25. The van der Waals surface area contributed by atoms with E-state index in [9.17, 15) is 9.59 Å². The number of aryl methyl sites for hydroxylation is 1. The molecule has 3 aromatic rings. The first-order chi connectivity index (χ1) is 12.2. The molecule has 1 amide bonds. The number of rotatable bonds is 2. The topological polar surface area (TPSA) is 59.8 Å². The second-order valence-corrected chi connectivity index (χ2v) is 6.04. The van der Waals surface area contributed by atoms with Crippen molar-refractivity contribution in [1.82, 2.24) is 0 Å². The molecule has 0 saturated heterocycles. The summed E-state index contributed by atoms with van der Waals surface area (Å²) in [6, 6.07) is 14.5. The van der Waals surface area contributed by atoms with Gasteiger partial charge in [-0.05, 0) is 36.6 Å². The van der Waals surface area contributed by atoms with Crippen molar-refractivity contribution in [2.24, 2.45) is 0 Å². The second-order valence-electron chi connectivity index (χ2n) is 6.04. The summed E-state index contributed by atoms with van der Waals surface area (Å²) in [7, 11) is 1.59. The molecule has 0 unspecified atom stereocenters. The molecule has 0 aliphatic carbocycles. The maximum atomic E-state index is 13.1. The minimum absolute atomic E-state index is 0.0503. The number of para-hydroxylation sites is 1. The average molecular weight is 335 g/mol. The molecule has 0 N–H and O–H groups in total. The first-order valence-corrected chi connectivity index (χ1v) is 8.19. The van der Waals surface area contributed by atoms with Gasteiger partial charge in [0.1, 0.15) is 16.9 Å². The van der Waals surface area contributed by atoms with Gasteiger partial charge >= 0.3 is 5.63 Å². The lowest BCUT2D eigenvalue weighted by Crippen LogP contribution is -2.37. The minimum Gasteiger partial charge on any atom is -0.497 e. The van der Waals surface area contributed by atoms with Crippen LogP contribution in [-0.4, -0.2) is 19.6 Å². The van der Waals surface area contributed by atoms with Gasteiger partial charge < -0.3 is 14.1 Å². The quantitative estimate of drug-likeness (QED) is 0.674. The predicted octanol–water partition coefficient (Wildman–Crippen LogP) is 3.39. The lowest BCUT2D eigenvalue weighted by atomic mass is 10.0. The minimum atomic E-state index is -0.612. The van der Waals surface area contributed by atoms with Crippen LogP contribution >= 0.6 is 0 Å². The smallest absolute Gasteiger partial charge is 0.349 e. The normalized spacial score (nSPS) is 13.6. The average Bonchev–Trinajstić information content (AvgIpc) is 2.66. The summed E-state index contributed by atoms with van der Waals surface area (Å²) < 4.78 is 10.6. The molecular weight excluding hydrogens is 318 g/mol. The van der Waals surface area contributed by atoms with Crippen molar-refractivity contribution >= 4 is 22.6 Å². The fraction of sp³-hybridized carbons (Fsp3) is 0.200.